The topological polar surface area (TPSA) is 66.8 Å². The third-order valence-corrected chi connectivity index (χ3v) is 5.28. The Morgan fingerprint density at radius 3 is 2.73 bits per heavy atom. The van der Waals surface area contributed by atoms with Gasteiger partial charge in [0, 0.05) is 30.1 Å². The molecular formula is C16H18BrNO4. The highest BCUT2D eigenvalue weighted by Gasteiger charge is 2.54. The largest absolute Gasteiger partial charge is 0.481 e. The molecule has 3 rings (SSSR count). The van der Waals surface area contributed by atoms with Gasteiger partial charge in [0.2, 0.25) is 5.91 Å². The van der Waals surface area contributed by atoms with Crippen LogP contribution in [0.2, 0.25) is 0 Å². The Morgan fingerprint density at radius 1 is 1.36 bits per heavy atom. The summed E-state index contributed by atoms with van der Waals surface area (Å²) in [5.41, 5.74) is 0.108. The summed E-state index contributed by atoms with van der Waals surface area (Å²) in [5, 5.41) is 9.62. The minimum atomic E-state index is -0.826. The molecule has 6 heteroatoms. The first-order valence-corrected chi connectivity index (χ1v) is 8.14. The van der Waals surface area contributed by atoms with E-state index in [9.17, 15) is 14.7 Å². The summed E-state index contributed by atoms with van der Waals surface area (Å²) in [6.45, 7) is 1.65. The first-order chi connectivity index (χ1) is 10.5. The van der Waals surface area contributed by atoms with E-state index >= 15 is 0 Å². The molecule has 0 spiro atoms. The Hall–Kier alpha value is -1.40. The van der Waals surface area contributed by atoms with Crippen molar-refractivity contribution < 1.29 is 19.4 Å². The molecule has 0 aromatic heterocycles. The van der Waals surface area contributed by atoms with E-state index in [1.54, 1.807) is 4.90 Å². The van der Waals surface area contributed by atoms with Gasteiger partial charge in [-0.3, -0.25) is 9.59 Å². The predicted octanol–water partition coefficient (Wildman–Crippen LogP) is 1.94. The van der Waals surface area contributed by atoms with Crippen LogP contribution in [0.5, 0.6) is 0 Å². The standard InChI is InChI=1S/C16H18BrNO4/c17-13-3-1-11(2-4-13)7-14(19)18-8-12-9-22-6-5-16(12,10-18)15(20)21/h1-4,12H,5-10H2,(H,20,21)/t12-,16+/m0/s1. The van der Waals surface area contributed by atoms with Gasteiger partial charge < -0.3 is 14.7 Å². The summed E-state index contributed by atoms with van der Waals surface area (Å²) in [7, 11) is 0. The number of carbonyl (C=O) groups is 2. The Bertz CT molecular complexity index is 588. The van der Waals surface area contributed by atoms with Crippen LogP contribution in [0.15, 0.2) is 28.7 Å². The van der Waals surface area contributed by atoms with E-state index in [1.807, 2.05) is 24.3 Å². The summed E-state index contributed by atoms with van der Waals surface area (Å²) in [5.74, 6) is -0.926. The molecule has 1 aromatic carbocycles. The molecule has 2 aliphatic rings. The second-order valence-corrected chi connectivity index (χ2v) is 6.98. The fourth-order valence-electron chi connectivity index (χ4n) is 3.38. The highest BCUT2D eigenvalue weighted by molar-refractivity contribution is 9.10. The summed E-state index contributed by atoms with van der Waals surface area (Å²) >= 11 is 3.37. The number of amides is 1. The number of carbonyl (C=O) groups excluding carboxylic acids is 1. The number of ether oxygens (including phenoxy) is 1. The lowest BCUT2D eigenvalue weighted by Gasteiger charge is -2.33. The van der Waals surface area contributed by atoms with Gasteiger partial charge in [-0.2, -0.15) is 0 Å². The monoisotopic (exact) mass is 367 g/mol. The van der Waals surface area contributed by atoms with E-state index in [2.05, 4.69) is 15.9 Å². The van der Waals surface area contributed by atoms with Gasteiger partial charge in [0.1, 0.15) is 0 Å². The minimum absolute atomic E-state index is 0.0163. The number of rotatable bonds is 3. The average Bonchev–Trinajstić information content (AvgIpc) is 2.91. The average molecular weight is 368 g/mol. The lowest BCUT2D eigenvalue weighted by molar-refractivity contribution is -0.157. The maximum Gasteiger partial charge on any atom is 0.311 e. The zero-order valence-electron chi connectivity index (χ0n) is 12.1. The quantitative estimate of drug-likeness (QED) is 0.886. The smallest absolute Gasteiger partial charge is 0.311 e. The summed E-state index contributed by atoms with van der Waals surface area (Å²) in [6.07, 6.45) is 0.783. The van der Waals surface area contributed by atoms with Crippen LogP contribution < -0.4 is 0 Å². The number of aliphatic carboxylic acids is 1. The number of hydrogen-bond donors (Lipinski definition) is 1. The van der Waals surface area contributed by atoms with Gasteiger partial charge in [-0.05, 0) is 24.1 Å². The lowest BCUT2D eigenvalue weighted by Crippen LogP contribution is -2.45. The van der Waals surface area contributed by atoms with Crippen LogP contribution in [0.1, 0.15) is 12.0 Å². The number of carboxylic acids is 1. The van der Waals surface area contributed by atoms with Gasteiger partial charge in [-0.25, -0.2) is 0 Å². The van der Waals surface area contributed by atoms with Crippen molar-refractivity contribution in [1.82, 2.24) is 4.90 Å². The van der Waals surface area contributed by atoms with Crippen molar-refractivity contribution in [3.05, 3.63) is 34.3 Å². The number of carboxylic acid groups (broad SMARTS) is 1. The van der Waals surface area contributed by atoms with Crippen molar-refractivity contribution >= 4 is 27.8 Å². The molecule has 0 saturated carbocycles. The Kier molecular flexibility index (Phi) is 4.23. The molecule has 0 unspecified atom stereocenters. The van der Waals surface area contributed by atoms with Gasteiger partial charge in [0.25, 0.3) is 0 Å². The number of likely N-dealkylation sites (tertiary alicyclic amines) is 1. The van der Waals surface area contributed by atoms with E-state index in [0.717, 1.165) is 10.0 Å². The number of halogens is 1. The molecule has 2 aliphatic heterocycles. The fourth-order valence-corrected chi connectivity index (χ4v) is 3.64. The molecule has 2 atom stereocenters. The number of nitrogens with zero attached hydrogens (tertiary/aromatic N) is 1. The molecule has 1 aromatic rings. The van der Waals surface area contributed by atoms with Crippen LogP contribution >= 0.6 is 15.9 Å². The van der Waals surface area contributed by atoms with Crippen LogP contribution in [-0.4, -0.2) is 48.2 Å². The highest BCUT2D eigenvalue weighted by Crippen LogP contribution is 2.42. The first-order valence-electron chi connectivity index (χ1n) is 7.35. The van der Waals surface area contributed by atoms with Gasteiger partial charge in [0.05, 0.1) is 18.4 Å². The molecule has 0 bridgehead atoms. The molecule has 2 saturated heterocycles. The zero-order valence-corrected chi connectivity index (χ0v) is 13.7. The minimum Gasteiger partial charge on any atom is -0.481 e. The Balaban J connectivity index is 1.72. The molecule has 1 amide bonds. The molecule has 2 heterocycles. The summed E-state index contributed by atoms with van der Waals surface area (Å²) < 4.78 is 6.38. The van der Waals surface area contributed by atoms with Gasteiger partial charge in [-0.1, -0.05) is 28.1 Å². The van der Waals surface area contributed by atoms with E-state index in [0.29, 0.717) is 39.1 Å². The molecule has 1 N–H and O–H groups in total. The maximum atomic E-state index is 12.5. The van der Waals surface area contributed by atoms with Crippen LogP contribution in [0.3, 0.4) is 0 Å². The number of fused-ring (bicyclic) bond motifs is 1. The summed E-state index contributed by atoms with van der Waals surface area (Å²) in [4.78, 5) is 25.9. The lowest BCUT2D eigenvalue weighted by atomic mass is 9.74. The van der Waals surface area contributed by atoms with E-state index < -0.39 is 11.4 Å². The van der Waals surface area contributed by atoms with Crippen molar-refractivity contribution in [3.63, 3.8) is 0 Å². The molecule has 0 radical (unpaired) electrons. The normalized spacial score (nSPS) is 27.5. The SMILES string of the molecule is O=C(Cc1ccc(Br)cc1)N1C[C@H]2COCC[C@@]2(C(=O)O)C1. The van der Waals surface area contributed by atoms with Crippen LogP contribution in [-0.2, 0) is 20.7 Å². The molecule has 22 heavy (non-hydrogen) atoms. The van der Waals surface area contributed by atoms with Crippen LogP contribution in [0, 0.1) is 11.3 Å². The summed E-state index contributed by atoms with van der Waals surface area (Å²) in [6, 6.07) is 7.61. The Morgan fingerprint density at radius 2 is 2.09 bits per heavy atom. The van der Waals surface area contributed by atoms with Crippen LogP contribution in [0.4, 0.5) is 0 Å². The maximum absolute atomic E-state index is 12.5. The molecule has 118 valence electrons. The van der Waals surface area contributed by atoms with Crippen molar-refractivity contribution in [2.75, 3.05) is 26.3 Å². The molecule has 0 aliphatic carbocycles. The van der Waals surface area contributed by atoms with E-state index in [1.165, 1.54) is 0 Å². The van der Waals surface area contributed by atoms with Gasteiger partial charge in [0.15, 0.2) is 0 Å². The van der Waals surface area contributed by atoms with Gasteiger partial charge >= 0.3 is 5.97 Å². The predicted molar refractivity (Wildman–Crippen MR) is 83.4 cm³/mol. The van der Waals surface area contributed by atoms with E-state index in [-0.39, 0.29) is 11.8 Å². The molecular weight excluding hydrogens is 350 g/mol. The highest BCUT2D eigenvalue weighted by atomic mass is 79.9. The molecule has 5 nitrogen and oxygen atoms in total. The Labute approximate surface area is 137 Å². The second kappa shape index (κ2) is 6.01. The fraction of sp³-hybridized carbons (Fsp3) is 0.500. The zero-order chi connectivity index (χ0) is 15.7. The third kappa shape index (κ3) is 2.77. The van der Waals surface area contributed by atoms with Crippen molar-refractivity contribution in [3.8, 4) is 0 Å². The molecule has 2 fully saturated rings. The first kappa shape index (κ1) is 15.5. The van der Waals surface area contributed by atoms with Crippen molar-refractivity contribution in [1.29, 1.82) is 0 Å². The van der Waals surface area contributed by atoms with Crippen molar-refractivity contribution in [2.45, 2.75) is 12.8 Å². The number of hydrogen-bond acceptors (Lipinski definition) is 3. The number of benzene rings is 1. The third-order valence-electron chi connectivity index (χ3n) is 4.75. The van der Waals surface area contributed by atoms with Crippen molar-refractivity contribution in [2.24, 2.45) is 11.3 Å². The van der Waals surface area contributed by atoms with Gasteiger partial charge in [-0.15, -0.1) is 0 Å². The van der Waals surface area contributed by atoms with E-state index in [4.69, 9.17) is 4.74 Å². The van der Waals surface area contributed by atoms with Crippen LogP contribution in [0.25, 0.3) is 0 Å². The second-order valence-electron chi connectivity index (χ2n) is 6.06.